The van der Waals surface area contributed by atoms with Gasteiger partial charge in [0, 0.05) is 12.0 Å². The predicted octanol–water partition coefficient (Wildman–Crippen LogP) is 2.93. The lowest BCUT2D eigenvalue weighted by Crippen LogP contribution is -1.98. The van der Waals surface area contributed by atoms with Crippen molar-refractivity contribution in [3.63, 3.8) is 0 Å². The molecule has 0 N–H and O–H groups in total. The lowest BCUT2D eigenvalue weighted by atomic mass is 10.0. The van der Waals surface area contributed by atoms with Crippen molar-refractivity contribution < 1.29 is 14.3 Å². The summed E-state index contributed by atoms with van der Waals surface area (Å²) in [7, 11) is 0. The van der Waals surface area contributed by atoms with Crippen LogP contribution in [-0.2, 0) is 4.74 Å². The maximum Gasteiger partial charge on any atom is 0.348 e. The van der Waals surface area contributed by atoms with Crippen LogP contribution < -0.4 is 0 Å². The van der Waals surface area contributed by atoms with Gasteiger partial charge in [-0.05, 0) is 18.6 Å². The molecule has 0 aliphatic carbocycles. The molecule has 2 rings (SSSR count). The van der Waals surface area contributed by atoms with E-state index in [-0.39, 0.29) is 0 Å². The van der Waals surface area contributed by atoms with Gasteiger partial charge in [0.05, 0.1) is 11.1 Å². The van der Waals surface area contributed by atoms with Gasteiger partial charge < -0.3 is 4.74 Å². The Balaban J connectivity index is 2.20. The summed E-state index contributed by atoms with van der Waals surface area (Å²) in [5, 5.41) is 0. The number of esters is 2. The Hall–Kier alpha value is -2.08. The lowest BCUT2D eigenvalue weighted by molar-refractivity contribution is 0.0444. The minimum atomic E-state index is -0.589. The number of hydrogen-bond donors (Lipinski definition) is 0. The van der Waals surface area contributed by atoms with E-state index in [1.165, 1.54) is 0 Å². The molecule has 0 bridgehead atoms. The normalized spacial score (nSPS) is 12.7. The smallest absolute Gasteiger partial charge is 0.348 e. The molecule has 0 radical (unpaired) electrons. The quantitative estimate of drug-likeness (QED) is 0.354. The molecule has 0 saturated carbocycles. The van der Waals surface area contributed by atoms with Crippen molar-refractivity contribution in [3.8, 4) is 11.8 Å². The van der Waals surface area contributed by atoms with Gasteiger partial charge in [-0.1, -0.05) is 37.7 Å². The zero-order valence-electron chi connectivity index (χ0n) is 10.3. The zero-order valence-corrected chi connectivity index (χ0v) is 10.3. The van der Waals surface area contributed by atoms with E-state index in [1.807, 2.05) is 0 Å². The first-order valence-corrected chi connectivity index (χ1v) is 6.12. The average Bonchev–Trinajstić information content (AvgIpc) is 2.66. The van der Waals surface area contributed by atoms with Crippen LogP contribution in [0, 0.1) is 11.8 Å². The third-order valence-corrected chi connectivity index (χ3v) is 2.80. The van der Waals surface area contributed by atoms with Crippen molar-refractivity contribution in [1.29, 1.82) is 0 Å². The van der Waals surface area contributed by atoms with E-state index in [9.17, 15) is 9.59 Å². The van der Waals surface area contributed by atoms with Gasteiger partial charge in [0.25, 0.3) is 0 Å². The molecule has 1 aromatic carbocycles. The molecule has 18 heavy (non-hydrogen) atoms. The third kappa shape index (κ3) is 2.43. The number of cyclic esters (lactones) is 2. The van der Waals surface area contributed by atoms with Gasteiger partial charge in [-0.25, -0.2) is 9.59 Å². The molecule has 0 aromatic heterocycles. The third-order valence-electron chi connectivity index (χ3n) is 2.80. The number of fused-ring (bicyclic) bond motifs is 1. The van der Waals surface area contributed by atoms with Gasteiger partial charge in [0.2, 0.25) is 0 Å². The van der Waals surface area contributed by atoms with Crippen LogP contribution in [0.15, 0.2) is 18.2 Å². The number of unbranched alkanes of at least 4 members (excludes halogenated alkanes) is 3. The van der Waals surface area contributed by atoms with E-state index < -0.39 is 11.9 Å². The fourth-order valence-electron chi connectivity index (χ4n) is 1.86. The fourth-order valence-corrected chi connectivity index (χ4v) is 1.86. The molecule has 0 saturated heterocycles. The molecule has 0 unspecified atom stereocenters. The van der Waals surface area contributed by atoms with Crippen LogP contribution in [0.5, 0.6) is 0 Å². The Bertz CT molecular complexity index is 547. The number of ether oxygens (including phenoxy) is 1. The highest BCUT2D eigenvalue weighted by molar-refractivity contribution is 6.15. The Morgan fingerprint density at radius 3 is 2.78 bits per heavy atom. The van der Waals surface area contributed by atoms with Crippen LogP contribution in [-0.4, -0.2) is 11.9 Å². The second kappa shape index (κ2) is 5.50. The number of carbonyl (C=O) groups is 2. The molecule has 1 heterocycles. The molecule has 3 heteroatoms. The lowest BCUT2D eigenvalue weighted by Gasteiger charge is -1.95. The molecular weight excluding hydrogens is 228 g/mol. The van der Waals surface area contributed by atoms with Crippen LogP contribution in [0.25, 0.3) is 0 Å². The van der Waals surface area contributed by atoms with E-state index in [4.69, 9.17) is 0 Å². The highest BCUT2D eigenvalue weighted by Crippen LogP contribution is 2.22. The van der Waals surface area contributed by atoms with Crippen LogP contribution in [0.4, 0.5) is 0 Å². The Morgan fingerprint density at radius 1 is 1.17 bits per heavy atom. The van der Waals surface area contributed by atoms with Gasteiger partial charge in [-0.15, -0.1) is 0 Å². The van der Waals surface area contributed by atoms with Crippen LogP contribution in [0.3, 0.4) is 0 Å². The first-order valence-electron chi connectivity index (χ1n) is 6.12. The summed E-state index contributed by atoms with van der Waals surface area (Å²) in [6.45, 7) is 2.14. The summed E-state index contributed by atoms with van der Waals surface area (Å²) < 4.78 is 4.57. The molecular formula is C15H14O3. The Morgan fingerprint density at radius 2 is 2.00 bits per heavy atom. The fraction of sp³-hybridized carbons (Fsp3) is 0.333. The molecule has 0 amide bonds. The Labute approximate surface area is 106 Å². The summed E-state index contributed by atoms with van der Waals surface area (Å²) in [6, 6.07) is 5.05. The van der Waals surface area contributed by atoms with Gasteiger partial charge in [0.1, 0.15) is 0 Å². The molecule has 92 valence electrons. The average molecular weight is 242 g/mol. The number of rotatable bonds is 3. The molecule has 0 spiro atoms. The largest absolute Gasteiger partial charge is 0.386 e. The van der Waals surface area contributed by atoms with E-state index >= 15 is 0 Å². The molecule has 0 atom stereocenters. The molecule has 3 nitrogen and oxygen atoms in total. The second-order valence-electron chi connectivity index (χ2n) is 4.16. The van der Waals surface area contributed by atoms with Crippen LogP contribution >= 0.6 is 0 Å². The highest BCUT2D eigenvalue weighted by Gasteiger charge is 2.31. The maximum absolute atomic E-state index is 11.5. The number of benzene rings is 1. The van der Waals surface area contributed by atoms with Crippen molar-refractivity contribution in [3.05, 3.63) is 34.9 Å². The second-order valence-corrected chi connectivity index (χ2v) is 4.16. The van der Waals surface area contributed by atoms with E-state index in [2.05, 4.69) is 23.5 Å². The van der Waals surface area contributed by atoms with Crippen LogP contribution in [0.2, 0.25) is 0 Å². The summed E-state index contributed by atoms with van der Waals surface area (Å²) in [6.07, 6.45) is 4.17. The molecule has 0 fully saturated rings. The monoisotopic (exact) mass is 242 g/mol. The van der Waals surface area contributed by atoms with Crippen molar-refractivity contribution >= 4 is 11.9 Å². The summed E-state index contributed by atoms with van der Waals surface area (Å²) >= 11 is 0. The summed E-state index contributed by atoms with van der Waals surface area (Å²) in [5.41, 5.74) is 1.21. The minimum absolute atomic E-state index is 0.311. The number of hydrogen-bond acceptors (Lipinski definition) is 3. The standard InChI is InChI=1S/C15H14O3/c1-2-3-4-5-6-8-11-9-7-10-12-13(11)15(17)18-14(12)16/h7,9-10H,2-5H2,1H3. The molecule has 1 aliphatic heterocycles. The van der Waals surface area contributed by atoms with Gasteiger partial charge in [0.15, 0.2) is 0 Å². The van der Waals surface area contributed by atoms with Gasteiger partial charge in [-0.2, -0.15) is 0 Å². The molecule has 1 aromatic rings. The van der Waals surface area contributed by atoms with Crippen molar-refractivity contribution in [2.75, 3.05) is 0 Å². The molecule has 1 aliphatic rings. The van der Waals surface area contributed by atoms with Gasteiger partial charge >= 0.3 is 11.9 Å². The van der Waals surface area contributed by atoms with Crippen molar-refractivity contribution in [2.45, 2.75) is 32.6 Å². The van der Waals surface area contributed by atoms with Crippen LogP contribution in [0.1, 0.15) is 58.9 Å². The maximum atomic E-state index is 11.5. The Kier molecular flexibility index (Phi) is 3.78. The predicted molar refractivity (Wildman–Crippen MR) is 67.2 cm³/mol. The SMILES string of the molecule is CCCCCC#Cc1cccc2c1C(=O)OC2=O. The zero-order chi connectivity index (χ0) is 13.0. The van der Waals surface area contributed by atoms with Crippen molar-refractivity contribution in [1.82, 2.24) is 0 Å². The summed E-state index contributed by atoms with van der Waals surface area (Å²) in [4.78, 5) is 22.9. The highest BCUT2D eigenvalue weighted by atomic mass is 16.6. The first-order chi connectivity index (χ1) is 8.74. The van der Waals surface area contributed by atoms with E-state index in [0.717, 1.165) is 25.7 Å². The van der Waals surface area contributed by atoms with Crippen molar-refractivity contribution in [2.24, 2.45) is 0 Å². The van der Waals surface area contributed by atoms with Gasteiger partial charge in [-0.3, -0.25) is 0 Å². The van der Waals surface area contributed by atoms with E-state index in [1.54, 1.807) is 18.2 Å². The summed E-state index contributed by atoms with van der Waals surface area (Å²) in [5.74, 6) is 4.82. The van der Waals surface area contributed by atoms with E-state index in [0.29, 0.717) is 16.7 Å². The first kappa shape index (κ1) is 12.4. The number of carbonyl (C=O) groups excluding carboxylic acids is 2. The minimum Gasteiger partial charge on any atom is -0.386 e. The topological polar surface area (TPSA) is 43.4 Å².